The highest BCUT2D eigenvalue weighted by molar-refractivity contribution is 7.09. The summed E-state index contributed by atoms with van der Waals surface area (Å²) in [7, 11) is 0. The number of carbonyl (C=O) groups is 1. The quantitative estimate of drug-likeness (QED) is 0.890. The minimum Gasteiger partial charge on any atom is -0.344 e. The number of amides is 1. The second kappa shape index (κ2) is 5.59. The van der Waals surface area contributed by atoms with Crippen LogP contribution in [0, 0.1) is 5.92 Å². The Labute approximate surface area is 118 Å². The third kappa shape index (κ3) is 2.67. The summed E-state index contributed by atoms with van der Waals surface area (Å²) in [6.07, 6.45) is 8.38. The van der Waals surface area contributed by atoms with Gasteiger partial charge in [0.1, 0.15) is 5.01 Å². The summed E-state index contributed by atoms with van der Waals surface area (Å²) in [6.45, 7) is 1.86. The first-order chi connectivity index (χ1) is 9.30. The van der Waals surface area contributed by atoms with Crippen LogP contribution in [0.3, 0.4) is 0 Å². The molecule has 1 atom stereocenters. The van der Waals surface area contributed by atoms with Gasteiger partial charge in [0.15, 0.2) is 0 Å². The molecule has 1 aromatic heterocycles. The lowest BCUT2D eigenvalue weighted by Gasteiger charge is -2.31. The first-order valence-corrected chi connectivity index (χ1v) is 8.11. The van der Waals surface area contributed by atoms with Crippen LogP contribution in [0.2, 0.25) is 0 Å². The predicted molar refractivity (Wildman–Crippen MR) is 76.0 cm³/mol. The highest BCUT2D eigenvalue weighted by Crippen LogP contribution is 2.39. The highest BCUT2D eigenvalue weighted by atomic mass is 32.1. The Morgan fingerprint density at radius 3 is 2.89 bits per heavy atom. The Balaban J connectivity index is 1.73. The molecule has 0 bridgehead atoms. The van der Waals surface area contributed by atoms with Crippen molar-refractivity contribution in [3.63, 3.8) is 0 Å². The molecule has 1 aliphatic carbocycles. The Morgan fingerprint density at radius 1 is 1.42 bits per heavy atom. The molecule has 2 fully saturated rings. The zero-order chi connectivity index (χ0) is 13.1. The Hall–Kier alpha value is -0.940. The maximum Gasteiger partial charge on any atom is 0.225 e. The standard InChI is InChI=1S/C14H21N3OS/c18-12(11-4-3-7-15-10-11)17-14(5-1-2-6-14)13-16-8-9-19-13/h8-9,11,15H,1-7,10H2,(H,17,18). The van der Waals surface area contributed by atoms with Gasteiger partial charge in [0.2, 0.25) is 5.91 Å². The number of carbonyl (C=O) groups excluding carboxylic acids is 1. The van der Waals surface area contributed by atoms with Gasteiger partial charge >= 0.3 is 0 Å². The fraction of sp³-hybridized carbons (Fsp3) is 0.714. The van der Waals surface area contributed by atoms with E-state index in [9.17, 15) is 4.79 Å². The van der Waals surface area contributed by atoms with Crippen molar-refractivity contribution < 1.29 is 4.79 Å². The zero-order valence-electron chi connectivity index (χ0n) is 11.2. The van der Waals surface area contributed by atoms with Crippen molar-refractivity contribution in [2.24, 2.45) is 5.92 Å². The normalized spacial score (nSPS) is 26.2. The van der Waals surface area contributed by atoms with Crippen molar-refractivity contribution in [2.75, 3.05) is 13.1 Å². The first kappa shape index (κ1) is 13.1. The van der Waals surface area contributed by atoms with E-state index in [1.807, 2.05) is 11.6 Å². The maximum absolute atomic E-state index is 12.5. The molecule has 4 nitrogen and oxygen atoms in total. The fourth-order valence-corrected chi connectivity index (χ4v) is 4.10. The number of piperidine rings is 1. The van der Waals surface area contributed by atoms with Gasteiger partial charge in [0.05, 0.1) is 11.5 Å². The largest absolute Gasteiger partial charge is 0.344 e. The molecule has 3 rings (SSSR count). The van der Waals surface area contributed by atoms with E-state index < -0.39 is 0 Å². The van der Waals surface area contributed by atoms with Crippen LogP contribution < -0.4 is 10.6 Å². The van der Waals surface area contributed by atoms with Crippen LogP contribution >= 0.6 is 11.3 Å². The van der Waals surface area contributed by atoms with Gasteiger partial charge < -0.3 is 10.6 Å². The number of nitrogens with one attached hydrogen (secondary N) is 2. The van der Waals surface area contributed by atoms with E-state index in [1.54, 1.807) is 11.3 Å². The van der Waals surface area contributed by atoms with Crippen LogP contribution in [-0.2, 0) is 10.3 Å². The third-order valence-corrected chi connectivity index (χ3v) is 5.31. The van der Waals surface area contributed by atoms with Gasteiger partial charge in [0.25, 0.3) is 0 Å². The summed E-state index contributed by atoms with van der Waals surface area (Å²) < 4.78 is 0. The van der Waals surface area contributed by atoms with Crippen LogP contribution in [0.25, 0.3) is 0 Å². The molecule has 1 aromatic rings. The van der Waals surface area contributed by atoms with Crippen LogP contribution in [0.1, 0.15) is 43.5 Å². The van der Waals surface area contributed by atoms with Gasteiger partial charge in [-0.2, -0.15) is 0 Å². The summed E-state index contributed by atoms with van der Waals surface area (Å²) in [5, 5.41) is 9.74. The molecule has 2 N–H and O–H groups in total. The predicted octanol–water partition coefficient (Wildman–Crippen LogP) is 2.03. The van der Waals surface area contributed by atoms with E-state index in [2.05, 4.69) is 15.6 Å². The SMILES string of the molecule is O=C(NC1(c2nccs2)CCCC1)C1CCCNC1. The van der Waals surface area contributed by atoms with Crippen molar-refractivity contribution in [3.8, 4) is 0 Å². The van der Waals surface area contributed by atoms with E-state index in [0.29, 0.717) is 0 Å². The second-order valence-electron chi connectivity index (χ2n) is 5.66. The van der Waals surface area contributed by atoms with Crippen LogP contribution in [0.4, 0.5) is 0 Å². The van der Waals surface area contributed by atoms with E-state index >= 15 is 0 Å². The maximum atomic E-state index is 12.5. The number of hydrogen-bond donors (Lipinski definition) is 2. The summed E-state index contributed by atoms with van der Waals surface area (Å²) in [4.78, 5) is 16.9. The van der Waals surface area contributed by atoms with Gasteiger partial charge in [-0.25, -0.2) is 4.98 Å². The lowest BCUT2D eigenvalue weighted by Crippen LogP contribution is -2.49. The van der Waals surface area contributed by atoms with Crippen molar-refractivity contribution >= 4 is 17.2 Å². The van der Waals surface area contributed by atoms with Crippen LogP contribution in [-0.4, -0.2) is 24.0 Å². The van der Waals surface area contributed by atoms with Gasteiger partial charge in [-0.15, -0.1) is 11.3 Å². The molecule has 1 saturated heterocycles. The minimum absolute atomic E-state index is 0.131. The van der Waals surface area contributed by atoms with Crippen LogP contribution in [0.15, 0.2) is 11.6 Å². The number of aromatic nitrogens is 1. The Bertz CT molecular complexity index is 420. The molecule has 1 amide bonds. The fourth-order valence-electron chi connectivity index (χ4n) is 3.24. The molecule has 1 unspecified atom stereocenters. The van der Waals surface area contributed by atoms with Crippen molar-refractivity contribution in [2.45, 2.75) is 44.1 Å². The molecule has 0 aromatic carbocycles. The smallest absolute Gasteiger partial charge is 0.225 e. The molecule has 19 heavy (non-hydrogen) atoms. The van der Waals surface area contributed by atoms with E-state index in [1.165, 1.54) is 12.8 Å². The lowest BCUT2D eigenvalue weighted by molar-refractivity contribution is -0.127. The van der Waals surface area contributed by atoms with Crippen molar-refractivity contribution in [1.82, 2.24) is 15.6 Å². The number of hydrogen-bond acceptors (Lipinski definition) is 4. The molecule has 5 heteroatoms. The molecular formula is C14H21N3OS. The van der Waals surface area contributed by atoms with Crippen LogP contribution in [0.5, 0.6) is 0 Å². The minimum atomic E-state index is -0.178. The number of nitrogens with zero attached hydrogens (tertiary/aromatic N) is 1. The molecule has 0 radical (unpaired) electrons. The Morgan fingerprint density at radius 2 is 2.26 bits per heavy atom. The summed E-state index contributed by atoms with van der Waals surface area (Å²) in [5.41, 5.74) is -0.178. The second-order valence-corrected chi connectivity index (χ2v) is 6.55. The summed E-state index contributed by atoms with van der Waals surface area (Å²) in [5.74, 6) is 0.343. The topological polar surface area (TPSA) is 54.0 Å². The molecule has 1 aliphatic heterocycles. The third-order valence-electron chi connectivity index (χ3n) is 4.33. The molecule has 2 heterocycles. The molecular weight excluding hydrogens is 258 g/mol. The Kier molecular flexibility index (Phi) is 3.84. The molecule has 2 aliphatic rings. The van der Waals surface area contributed by atoms with Crippen molar-refractivity contribution in [3.05, 3.63) is 16.6 Å². The van der Waals surface area contributed by atoms with Gasteiger partial charge in [0, 0.05) is 18.1 Å². The summed E-state index contributed by atoms with van der Waals surface area (Å²) in [6, 6.07) is 0. The van der Waals surface area contributed by atoms with E-state index in [0.717, 1.165) is 43.8 Å². The van der Waals surface area contributed by atoms with Gasteiger partial charge in [-0.05, 0) is 32.2 Å². The molecule has 1 saturated carbocycles. The first-order valence-electron chi connectivity index (χ1n) is 7.23. The average molecular weight is 279 g/mol. The highest BCUT2D eigenvalue weighted by Gasteiger charge is 2.40. The number of rotatable bonds is 3. The monoisotopic (exact) mass is 279 g/mol. The van der Waals surface area contributed by atoms with E-state index in [4.69, 9.17) is 0 Å². The average Bonchev–Trinajstić information content (AvgIpc) is 3.11. The van der Waals surface area contributed by atoms with Gasteiger partial charge in [-0.3, -0.25) is 4.79 Å². The van der Waals surface area contributed by atoms with E-state index in [-0.39, 0.29) is 17.4 Å². The lowest BCUT2D eigenvalue weighted by atomic mass is 9.94. The van der Waals surface area contributed by atoms with Gasteiger partial charge in [-0.1, -0.05) is 12.8 Å². The summed E-state index contributed by atoms with van der Waals surface area (Å²) >= 11 is 1.67. The van der Waals surface area contributed by atoms with Crippen molar-refractivity contribution in [1.29, 1.82) is 0 Å². The number of thiazole rings is 1. The zero-order valence-corrected chi connectivity index (χ0v) is 12.0. The molecule has 104 valence electrons. The molecule has 0 spiro atoms.